The Morgan fingerprint density at radius 2 is 2.50 bits per heavy atom. The van der Waals surface area contributed by atoms with Crippen LogP contribution in [0.2, 0.25) is 0 Å². The normalized spacial score (nSPS) is 21.6. The van der Waals surface area contributed by atoms with Crippen molar-refractivity contribution < 1.29 is 5.11 Å². The van der Waals surface area contributed by atoms with Crippen LogP contribution in [0.25, 0.3) is 0 Å². The van der Waals surface area contributed by atoms with E-state index in [1.54, 1.807) is 6.20 Å². The Balaban J connectivity index is 2.21. The van der Waals surface area contributed by atoms with Crippen LogP contribution in [0.5, 0.6) is 0 Å². The Morgan fingerprint density at radius 3 is 3.21 bits per heavy atom. The summed E-state index contributed by atoms with van der Waals surface area (Å²) >= 11 is 3.42. The first-order chi connectivity index (χ1) is 6.81. The second-order valence-corrected chi connectivity index (χ2v) is 4.42. The van der Waals surface area contributed by atoms with E-state index in [1.165, 1.54) is 0 Å². The molecular weight excluding hydrogens is 244 g/mol. The zero-order chi connectivity index (χ0) is 9.97. The lowest BCUT2D eigenvalue weighted by Crippen LogP contribution is -2.32. The molecular formula is C10H13BrN2O. The largest absolute Gasteiger partial charge is 0.394 e. The van der Waals surface area contributed by atoms with E-state index >= 15 is 0 Å². The van der Waals surface area contributed by atoms with Gasteiger partial charge in [-0.3, -0.25) is 0 Å². The molecule has 2 heterocycles. The molecule has 2 rings (SSSR count). The molecule has 14 heavy (non-hydrogen) atoms. The van der Waals surface area contributed by atoms with Crippen molar-refractivity contribution in [2.24, 2.45) is 0 Å². The van der Waals surface area contributed by atoms with Gasteiger partial charge in [0.1, 0.15) is 5.82 Å². The molecule has 76 valence electrons. The highest BCUT2D eigenvalue weighted by atomic mass is 79.9. The number of pyridine rings is 1. The Morgan fingerprint density at radius 1 is 1.64 bits per heavy atom. The highest BCUT2D eigenvalue weighted by Gasteiger charge is 2.24. The number of hydrogen-bond acceptors (Lipinski definition) is 3. The first-order valence-electron chi connectivity index (χ1n) is 4.80. The fourth-order valence-corrected chi connectivity index (χ4v) is 2.20. The van der Waals surface area contributed by atoms with Gasteiger partial charge in [0.25, 0.3) is 0 Å². The van der Waals surface area contributed by atoms with E-state index in [2.05, 4.69) is 25.8 Å². The van der Waals surface area contributed by atoms with Crippen molar-refractivity contribution in [3.8, 4) is 0 Å². The van der Waals surface area contributed by atoms with Crippen molar-refractivity contribution in [3.05, 3.63) is 22.8 Å². The van der Waals surface area contributed by atoms with Gasteiger partial charge < -0.3 is 10.0 Å². The second-order valence-electron chi connectivity index (χ2n) is 3.50. The SMILES string of the molecule is OC[C@H]1CCCN1c1cc(Br)ccn1. The zero-order valence-electron chi connectivity index (χ0n) is 7.86. The Bertz CT molecular complexity index is 319. The number of nitrogens with zero attached hydrogens (tertiary/aromatic N) is 2. The molecule has 1 atom stereocenters. The predicted octanol–water partition coefficient (Wildman–Crippen LogP) is 1.81. The molecule has 0 amide bonds. The molecule has 0 unspecified atom stereocenters. The minimum Gasteiger partial charge on any atom is -0.394 e. The number of aliphatic hydroxyl groups excluding tert-OH is 1. The number of aliphatic hydroxyl groups is 1. The van der Waals surface area contributed by atoms with Gasteiger partial charge in [0.15, 0.2) is 0 Å². The van der Waals surface area contributed by atoms with Crippen molar-refractivity contribution in [1.82, 2.24) is 4.98 Å². The summed E-state index contributed by atoms with van der Waals surface area (Å²) in [4.78, 5) is 6.48. The van der Waals surface area contributed by atoms with Gasteiger partial charge in [0, 0.05) is 17.2 Å². The molecule has 1 aliphatic heterocycles. The van der Waals surface area contributed by atoms with Crippen LogP contribution in [-0.2, 0) is 0 Å². The topological polar surface area (TPSA) is 36.4 Å². The third-order valence-electron chi connectivity index (χ3n) is 2.59. The van der Waals surface area contributed by atoms with Crippen LogP contribution < -0.4 is 4.90 Å². The maximum absolute atomic E-state index is 9.19. The standard InChI is InChI=1S/C10H13BrN2O/c11-8-3-4-12-10(6-8)13-5-1-2-9(13)7-14/h3-4,6,9,14H,1-2,5,7H2/t9-/m1/s1. The molecule has 1 aromatic heterocycles. The predicted molar refractivity (Wildman–Crippen MR) is 59.4 cm³/mol. The summed E-state index contributed by atoms with van der Waals surface area (Å²) < 4.78 is 1.03. The van der Waals surface area contributed by atoms with E-state index < -0.39 is 0 Å². The van der Waals surface area contributed by atoms with Crippen LogP contribution in [0.1, 0.15) is 12.8 Å². The Kier molecular flexibility index (Phi) is 3.03. The fraction of sp³-hybridized carbons (Fsp3) is 0.500. The average molecular weight is 257 g/mol. The molecule has 0 aromatic carbocycles. The fourth-order valence-electron chi connectivity index (χ4n) is 1.88. The number of halogens is 1. The zero-order valence-corrected chi connectivity index (χ0v) is 9.44. The minimum absolute atomic E-state index is 0.216. The molecule has 1 saturated heterocycles. The maximum Gasteiger partial charge on any atom is 0.129 e. The monoisotopic (exact) mass is 256 g/mol. The first kappa shape index (κ1) is 9.93. The third kappa shape index (κ3) is 1.91. The highest BCUT2D eigenvalue weighted by molar-refractivity contribution is 9.10. The van der Waals surface area contributed by atoms with E-state index in [1.807, 2.05) is 12.1 Å². The molecule has 0 radical (unpaired) electrons. The summed E-state index contributed by atoms with van der Waals surface area (Å²) in [5, 5.41) is 9.19. The van der Waals surface area contributed by atoms with E-state index in [9.17, 15) is 5.11 Å². The van der Waals surface area contributed by atoms with Crippen LogP contribution in [0.3, 0.4) is 0 Å². The summed E-state index contributed by atoms with van der Waals surface area (Å²) in [6.07, 6.45) is 3.98. The van der Waals surface area contributed by atoms with Crippen molar-refractivity contribution in [1.29, 1.82) is 0 Å². The molecule has 0 saturated carbocycles. The van der Waals surface area contributed by atoms with E-state index in [0.29, 0.717) is 0 Å². The van der Waals surface area contributed by atoms with Gasteiger partial charge in [-0.2, -0.15) is 0 Å². The lowest BCUT2D eigenvalue weighted by Gasteiger charge is -2.23. The molecule has 1 aliphatic rings. The summed E-state index contributed by atoms with van der Waals surface area (Å²) in [6.45, 7) is 1.21. The van der Waals surface area contributed by atoms with Crippen LogP contribution in [0.15, 0.2) is 22.8 Å². The molecule has 3 nitrogen and oxygen atoms in total. The van der Waals surface area contributed by atoms with Gasteiger partial charge in [-0.15, -0.1) is 0 Å². The van der Waals surface area contributed by atoms with E-state index in [-0.39, 0.29) is 12.6 Å². The molecule has 1 fully saturated rings. The first-order valence-corrected chi connectivity index (χ1v) is 5.59. The van der Waals surface area contributed by atoms with Gasteiger partial charge in [-0.05, 0) is 25.0 Å². The van der Waals surface area contributed by atoms with Crippen LogP contribution in [-0.4, -0.2) is 29.3 Å². The lowest BCUT2D eigenvalue weighted by molar-refractivity contribution is 0.266. The van der Waals surface area contributed by atoms with Crippen molar-refractivity contribution in [3.63, 3.8) is 0 Å². The molecule has 1 N–H and O–H groups in total. The molecule has 4 heteroatoms. The van der Waals surface area contributed by atoms with Crippen LogP contribution in [0, 0.1) is 0 Å². The molecule has 1 aromatic rings. The minimum atomic E-state index is 0.216. The van der Waals surface area contributed by atoms with Crippen molar-refractivity contribution in [2.45, 2.75) is 18.9 Å². The average Bonchev–Trinajstić information content (AvgIpc) is 2.65. The second kappa shape index (κ2) is 4.28. The lowest BCUT2D eigenvalue weighted by atomic mass is 10.2. The summed E-state index contributed by atoms with van der Waals surface area (Å²) in [7, 11) is 0. The number of hydrogen-bond donors (Lipinski definition) is 1. The van der Waals surface area contributed by atoms with E-state index in [4.69, 9.17) is 0 Å². The van der Waals surface area contributed by atoms with E-state index in [0.717, 1.165) is 29.7 Å². The van der Waals surface area contributed by atoms with Crippen LogP contribution >= 0.6 is 15.9 Å². The summed E-state index contributed by atoms with van der Waals surface area (Å²) in [5.74, 6) is 0.955. The quantitative estimate of drug-likeness (QED) is 0.877. The highest BCUT2D eigenvalue weighted by Crippen LogP contribution is 2.25. The third-order valence-corrected chi connectivity index (χ3v) is 3.08. The van der Waals surface area contributed by atoms with Gasteiger partial charge in [-0.1, -0.05) is 15.9 Å². The molecule has 0 spiro atoms. The number of aromatic nitrogens is 1. The molecule has 0 aliphatic carbocycles. The number of anilines is 1. The van der Waals surface area contributed by atoms with Gasteiger partial charge >= 0.3 is 0 Å². The van der Waals surface area contributed by atoms with Crippen molar-refractivity contribution >= 4 is 21.7 Å². The van der Waals surface area contributed by atoms with Gasteiger partial charge in [-0.25, -0.2) is 4.98 Å². The smallest absolute Gasteiger partial charge is 0.129 e. The molecule has 0 bridgehead atoms. The Labute approximate surface area is 91.9 Å². The van der Waals surface area contributed by atoms with Crippen LogP contribution in [0.4, 0.5) is 5.82 Å². The van der Waals surface area contributed by atoms with Gasteiger partial charge in [0.05, 0.1) is 12.6 Å². The van der Waals surface area contributed by atoms with Crippen molar-refractivity contribution in [2.75, 3.05) is 18.1 Å². The summed E-state index contributed by atoms with van der Waals surface area (Å²) in [5.41, 5.74) is 0. The summed E-state index contributed by atoms with van der Waals surface area (Å²) in [6, 6.07) is 4.15. The maximum atomic E-state index is 9.19. The number of rotatable bonds is 2. The Hall–Kier alpha value is -0.610. The van der Waals surface area contributed by atoms with Gasteiger partial charge in [0.2, 0.25) is 0 Å².